The zero-order valence-electron chi connectivity index (χ0n) is 12.5. The quantitative estimate of drug-likeness (QED) is 0.198. The normalized spacial score (nSPS) is 10.8. The molecule has 0 unspecified atom stereocenters. The van der Waals surface area contributed by atoms with Crippen molar-refractivity contribution in [3.05, 3.63) is 24.8 Å². The Morgan fingerprint density at radius 3 is 2.00 bits per heavy atom. The largest absolute Gasteiger partial charge is 0.463 e. The number of carbonyl (C=O) groups is 1. The Bertz CT molecular complexity index is 244. The molecule has 0 spiro atoms. The lowest BCUT2D eigenvalue weighted by Gasteiger charge is -2.03. The summed E-state index contributed by atoms with van der Waals surface area (Å²) in [4.78, 5) is 11.1. The van der Waals surface area contributed by atoms with Crippen LogP contribution in [0.4, 0.5) is 0 Å². The average molecular weight is 266 g/mol. The summed E-state index contributed by atoms with van der Waals surface area (Å²) in [6.07, 6.45) is 17.5. The lowest BCUT2D eigenvalue weighted by molar-refractivity contribution is -0.137. The first-order chi connectivity index (χ1) is 9.31. The van der Waals surface area contributed by atoms with Crippen LogP contribution in [-0.2, 0) is 9.53 Å². The van der Waals surface area contributed by atoms with E-state index in [0.29, 0.717) is 6.61 Å². The van der Waals surface area contributed by atoms with E-state index in [2.05, 4.69) is 13.5 Å². The maximum Gasteiger partial charge on any atom is 0.330 e. The third-order valence-electron chi connectivity index (χ3n) is 3.11. The second-order valence-corrected chi connectivity index (χ2v) is 4.94. The molecule has 0 aliphatic rings. The van der Waals surface area contributed by atoms with Crippen molar-refractivity contribution in [3.8, 4) is 0 Å². The monoisotopic (exact) mass is 266 g/mol. The number of carbonyl (C=O) groups excluding carboxylic acids is 1. The van der Waals surface area contributed by atoms with Gasteiger partial charge >= 0.3 is 5.97 Å². The molecule has 0 N–H and O–H groups in total. The van der Waals surface area contributed by atoms with Crippen molar-refractivity contribution in [2.75, 3.05) is 6.61 Å². The molecule has 0 bridgehead atoms. The molecule has 0 aromatic rings. The second kappa shape index (κ2) is 15.0. The first kappa shape index (κ1) is 17.9. The van der Waals surface area contributed by atoms with E-state index < -0.39 is 0 Å². The molecular formula is C17H30O2. The summed E-state index contributed by atoms with van der Waals surface area (Å²) < 4.78 is 5.04. The zero-order valence-corrected chi connectivity index (χ0v) is 12.5. The van der Waals surface area contributed by atoms with Crippen molar-refractivity contribution in [2.24, 2.45) is 0 Å². The van der Waals surface area contributed by atoms with Crippen LogP contribution in [0, 0.1) is 0 Å². The first-order valence-electron chi connectivity index (χ1n) is 7.77. The van der Waals surface area contributed by atoms with Gasteiger partial charge in [-0.15, -0.1) is 0 Å². The smallest absolute Gasteiger partial charge is 0.330 e. The average Bonchev–Trinajstić information content (AvgIpc) is 2.42. The number of ether oxygens (including phenoxy) is 1. The van der Waals surface area contributed by atoms with Crippen LogP contribution in [0.25, 0.3) is 0 Å². The predicted octanol–water partition coefficient (Wildman–Crippen LogP) is 5.19. The van der Waals surface area contributed by atoms with E-state index in [-0.39, 0.29) is 5.97 Å². The fraction of sp³-hybridized carbons (Fsp3) is 0.706. The number of hydrogen-bond donors (Lipinski definition) is 0. The molecule has 2 nitrogen and oxygen atoms in total. The number of rotatable bonds is 13. The van der Waals surface area contributed by atoms with Gasteiger partial charge in [0.2, 0.25) is 0 Å². The van der Waals surface area contributed by atoms with Crippen LogP contribution in [0.3, 0.4) is 0 Å². The lowest BCUT2D eigenvalue weighted by Crippen LogP contribution is -2.01. The molecule has 0 saturated carbocycles. The number of allylic oxidation sites excluding steroid dienone is 2. The summed E-state index contributed by atoms with van der Waals surface area (Å²) in [7, 11) is 0. The van der Waals surface area contributed by atoms with Gasteiger partial charge in [0, 0.05) is 6.08 Å². The molecule has 19 heavy (non-hydrogen) atoms. The van der Waals surface area contributed by atoms with Gasteiger partial charge in [0.25, 0.3) is 0 Å². The van der Waals surface area contributed by atoms with Gasteiger partial charge in [-0.2, -0.15) is 0 Å². The Kier molecular flexibility index (Phi) is 14.2. The lowest BCUT2D eigenvalue weighted by atomic mass is 10.1. The highest BCUT2D eigenvalue weighted by atomic mass is 16.5. The third kappa shape index (κ3) is 14.9. The first-order valence-corrected chi connectivity index (χ1v) is 7.77. The standard InChI is InChI=1S/C17H30O2/c1-3-5-7-8-9-10-11-12-13-14-16-19-17(18)15-6-4-2/h4,6,15H,2-3,5,7-14,16H2,1H3. The minimum Gasteiger partial charge on any atom is -0.463 e. The molecule has 0 saturated heterocycles. The van der Waals surface area contributed by atoms with Gasteiger partial charge in [-0.3, -0.25) is 0 Å². The Hall–Kier alpha value is -1.05. The maximum absolute atomic E-state index is 11.1. The molecule has 0 aliphatic heterocycles. The molecule has 0 radical (unpaired) electrons. The summed E-state index contributed by atoms with van der Waals surface area (Å²) in [5, 5.41) is 0. The SMILES string of the molecule is C=CC=CC(=O)OCCCCCCCCCCCC. The molecular weight excluding hydrogens is 236 g/mol. The van der Waals surface area contributed by atoms with E-state index in [0.717, 1.165) is 12.8 Å². The molecule has 0 heterocycles. The number of unbranched alkanes of at least 4 members (excludes halogenated alkanes) is 9. The van der Waals surface area contributed by atoms with Gasteiger partial charge in [-0.1, -0.05) is 83.4 Å². The Balaban J connectivity index is 3.12. The summed E-state index contributed by atoms with van der Waals surface area (Å²) in [6.45, 7) is 6.29. The van der Waals surface area contributed by atoms with Gasteiger partial charge in [-0.05, 0) is 6.42 Å². The second-order valence-electron chi connectivity index (χ2n) is 4.94. The van der Waals surface area contributed by atoms with Gasteiger partial charge in [0.05, 0.1) is 6.61 Å². The highest BCUT2D eigenvalue weighted by Crippen LogP contribution is 2.10. The zero-order chi connectivity index (χ0) is 14.2. The molecule has 0 fully saturated rings. The van der Waals surface area contributed by atoms with Crippen LogP contribution in [0.5, 0.6) is 0 Å². The van der Waals surface area contributed by atoms with Gasteiger partial charge in [0.1, 0.15) is 0 Å². The summed E-state index contributed by atoms with van der Waals surface area (Å²) >= 11 is 0. The van der Waals surface area contributed by atoms with E-state index in [1.54, 1.807) is 12.2 Å². The van der Waals surface area contributed by atoms with Crippen LogP contribution in [-0.4, -0.2) is 12.6 Å². The van der Waals surface area contributed by atoms with E-state index in [1.807, 2.05) is 0 Å². The molecule has 0 aromatic heterocycles. The van der Waals surface area contributed by atoms with E-state index >= 15 is 0 Å². The Morgan fingerprint density at radius 1 is 0.947 bits per heavy atom. The third-order valence-corrected chi connectivity index (χ3v) is 3.11. The number of hydrogen-bond acceptors (Lipinski definition) is 2. The van der Waals surface area contributed by atoms with E-state index in [4.69, 9.17) is 4.74 Å². The molecule has 2 heteroatoms. The summed E-state index contributed by atoms with van der Waals surface area (Å²) in [5.74, 6) is -0.268. The van der Waals surface area contributed by atoms with E-state index in [1.165, 1.54) is 57.4 Å². The van der Waals surface area contributed by atoms with Crippen LogP contribution < -0.4 is 0 Å². The molecule has 0 aliphatic carbocycles. The Labute approximate surface area is 118 Å². The minimum absolute atomic E-state index is 0.268. The van der Waals surface area contributed by atoms with Crippen molar-refractivity contribution in [3.63, 3.8) is 0 Å². The van der Waals surface area contributed by atoms with Crippen molar-refractivity contribution >= 4 is 5.97 Å². The van der Waals surface area contributed by atoms with Crippen molar-refractivity contribution in [2.45, 2.75) is 71.1 Å². The van der Waals surface area contributed by atoms with Crippen molar-refractivity contribution < 1.29 is 9.53 Å². The van der Waals surface area contributed by atoms with Crippen LogP contribution in [0.1, 0.15) is 71.1 Å². The molecule has 0 rings (SSSR count). The topological polar surface area (TPSA) is 26.3 Å². The minimum atomic E-state index is -0.268. The molecule has 0 amide bonds. The van der Waals surface area contributed by atoms with Crippen molar-refractivity contribution in [1.29, 1.82) is 0 Å². The summed E-state index contributed by atoms with van der Waals surface area (Å²) in [6, 6.07) is 0. The van der Waals surface area contributed by atoms with Crippen LogP contribution in [0.2, 0.25) is 0 Å². The van der Waals surface area contributed by atoms with Gasteiger partial charge in [-0.25, -0.2) is 4.79 Å². The fourth-order valence-electron chi connectivity index (χ4n) is 1.96. The predicted molar refractivity (Wildman–Crippen MR) is 82.1 cm³/mol. The van der Waals surface area contributed by atoms with Crippen LogP contribution in [0.15, 0.2) is 24.8 Å². The summed E-state index contributed by atoms with van der Waals surface area (Å²) in [5.41, 5.74) is 0. The highest BCUT2D eigenvalue weighted by molar-refractivity contribution is 5.82. The molecule has 0 aromatic carbocycles. The van der Waals surface area contributed by atoms with Crippen molar-refractivity contribution in [1.82, 2.24) is 0 Å². The molecule has 0 atom stereocenters. The maximum atomic E-state index is 11.1. The van der Waals surface area contributed by atoms with Gasteiger partial charge < -0.3 is 4.74 Å². The Morgan fingerprint density at radius 2 is 1.47 bits per heavy atom. The van der Waals surface area contributed by atoms with Crippen LogP contribution >= 0.6 is 0 Å². The fourth-order valence-corrected chi connectivity index (χ4v) is 1.96. The number of esters is 1. The van der Waals surface area contributed by atoms with E-state index in [9.17, 15) is 4.79 Å². The molecule has 110 valence electrons. The highest BCUT2D eigenvalue weighted by Gasteiger charge is 1.96. The van der Waals surface area contributed by atoms with Gasteiger partial charge in [0.15, 0.2) is 0 Å².